The third kappa shape index (κ3) is 2.23. The molecule has 0 saturated carbocycles. The fourth-order valence-corrected chi connectivity index (χ4v) is 2.92. The minimum atomic E-state index is -0.102. The van der Waals surface area contributed by atoms with E-state index >= 15 is 0 Å². The first-order chi connectivity index (χ1) is 10.5. The number of carbonyl (C=O) groups is 1. The zero-order chi connectivity index (χ0) is 15.9. The average Bonchev–Trinajstić information content (AvgIpc) is 3.01. The molecule has 0 spiro atoms. The van der Waals surface area contributed by atoms with Crippen molar-refractivity contribution in [1.82, 2.24) is 14.3 Å². The maximum Gasteiger partial charge on any atom is 0.278 e. The molecule has 3 aromatic rings. The van der Waals surface area contributed by atoms with Crippen LogP contribution in [0.4, 0.5) is 0 Å². The number of rotatable bonds is 3. The van der Waals surface area contributed by atoms with E-state index in [4.69, 9.17) is 5.73 Å². The largest absolute Gasteiger partial charge is 0.351 e. The molecule has 0 aliphatic rings. The van der Waals surface area contributed by atoms with Crippen molar-refractivity contribution >= 4 is 16.8 Å². The van der Waals surface area contributed by atoms with Crippen LogP contribution in [0.2, 0.25) is 0 Å². The molecule has 1 aromatic carbocycles. The summed E-state index contributed by atoms with van der Waals surface area (Å²) in [6.07, 6.45) is 2.73. The van der Waals surface area contributed by atoms with Gasteiger partial charge in [0.05, 0.1) is 5.69 Å². The van der Waals surface area contributed by atoms with Gasteiger partial charge < -0.3 is 10.3 Å². The van der Waals surface area contributed by atoms with E-state index < -0.39 is 0 Å². The van der Waals surface area contributed by atoms with Crippen LogP contribution in [0.3, 0.4) is 0 Å². The van der Waals surface area contributed by atoms with Crippen molar-refractivity contribution in [2.24, 2.45) is 12.8 Å². The number of aromatic nitrogens is 3. The molecular weight excluding hydrogens is 276 g/mol. The molecule has 0 amide bonds. The summed E-state index contributed by atoms with van der Waals surface area (Å²) in [5.74, 6) is -0.102. The van der Waals surface area contributed by atoms with Gasteiger partial charge in [-0.2, -0.15) is 5.10 Å². The third-order valence-electron chi connectivity index (χ3n) is 4.16. The van der Waals surface area contributed by atoms with Crippen molar-refractivity contribution in [2.45, 2.75) is 20.3 Å². The van der Waals surface area contributed by atoms with Crippen LogP contribution in [0.1, 0.15) is 27.3 Å². The Morgan fingerprint density at radius 3 is 2.77 bits per heavy atom. The average molecular weight is 296 g/mol. The maximum absolute atomic E-state index is 12.7. The molecule has 5 heteroatoms. The Balaban J connectivity index is 2.03. The van der Waals surface area contributed by atoms with Gasteiger partial charge in [-0.05, 0) is 56.6 Å². The van der Waals surface area contributed by atoms with Crippen LogP contribution in [-0.4, -0.2) is 26.8 Å². The van der Waals surface area contributed by atoms with E-state index in [0.717, 1.165) is 34.3 Å². The van der Waals surface area contributed by atoms with E-state index in [1.165, 1.54) is 4.68 Å². The minimum Gasteiger partial charge on any atom is -0.351 e. The summed E-state index contributed by atoms with van der Waals surface area (Å²) in [6, 6.07) is 7.74. The molecule has 114 valence electrons. The SMILES string of the molecule is Cc1nn(C(=O)c2ccc3c(ccn3C)c2)c(C)c1CCN. The number of nitrogens with zero attached hydrogens (tertiary/aromatic N) is 3. The predicted octanol–water partition coefficient (Wildman–Crippen LogP) is 2.18. The maximum atomic E-state index is 12.7. The summed E-state index contributed by atoms with van der Waals surface area (Å²) in [6.45, 7) is 4.39. The highest BCUT2D eigenvalue weighted by Gasteiger charge is 2.17. The van der Waals surface area contributed by atoms with Crippen LogP contribution in [0.25, 0.3) is 10.9 Å². The lowest BCUT2D eigenvalue weighted by Gasteiger charge is -2.05. The summed E-state index contributed by atoms with van der Waals surface area (Å²) in [5, 5.41) is 5.45. The molecule has 0 aliphatic carbocycles. The van der Waals surface area contributed by atoms with Crippen LogP contribution in [0.15, 0.2) is 30.5 Å². The summed E-state index contributed by atoms with van der Waals surface area (Å²) in [4.78, 5) is 12.7. The molecule has 0 radical (unpaired) electrons. The fraction of sp³-hybridized carbons (Fsp3) is 0.294. The number of hydrogen-bond donors (Lipinski definition) is 1. The molecule has 2 aromatic heterocycles. The van der Waals surface area contributed by atoms with E-state index in [1.807, 2.05) is 55.9 Å². The quantitative estimate of drug-likeness (QED) is 0.805. The van der Waals surface area contributed by atoms with Crippen molar-refractivity contribution in [3.8, 4) is 0 Å². The summed E-state index contributed by atoms with van der Waals surface area (Å²) in [7, 11) is 1.99. The van der Waals surface area contributed by atoms with Crippen molar-refractivity contribution in [1.29, 1.82) is 0 Å². The summed E-state index contributed by atoms with van der Waals surface area (Å²) >= 11 is 0. The van der Waals surface area contributed by atoms with Gasteiger partial charge in [-0.15, -0.1) is 0 Å². The molecule has 2 N–H and O–H groups in total. The van der Waals surface area contributed by atoms with Gasteiger partial charge in [-0.1, -0.05) is 0 Å². The first-order valence-electron chi connectivity index (χ1n) is 7.38. The zero-order valence-electron chi connectivity index (χ0n) is 13.1. The van der Waals surface area contributed by atoms with Crippen LogP contribution in [-0.2, 0) is 13.5 Å². The van der Waals surface area contributed by atoms with Crippen LogP contribution in [0, 0.1) is 13.8 Å². The highest BCUT2D eigenvalue weighted by atomic mass is 16.2. The monoisotopic (exact) mass is 296 g/mol. The first kappa shape index (κ1) is 14.5. The molecule has 0 unspecified atom stereocenters. The minimum absolute atomic E-state index is 0.102. The van der Waals surface area contributed by atoms with E-state index in [9.17, 15) is 4.79 Å². The lowest BCUT2D eigenvalue weighted by molar-refractivity contribution is 0.0942. The number of fused-ring (bicyclic) bond motifs is 1. The third-order valence-corrected chi connectivity index (χ3v) is 4.16. The molecule has 0 fully saturated rings. The first-order valence-corrected chi connectivity index (χ1v) is 7.38. The lowest BCUT2D eigenvalue weighted by Crippen LogP contribution is -2.15. The highest BCUT2D eigenvalue weighted by Crippen LogP contribution is 2.19. The Labute approximate surface area is 129 Å². The molecule has 0 bridgehead atoms. The number of aryl methyl sites for hydroxylation is 2. The van der Waals surface area contributed by atoms with Crippen LogP contribution >= 0.6 is 0 Å². The molecule has 22 heavy (non-hydrogen) atoms. The van der Waals surface area contributed by atoms with Gasteiger partial charge in [0.1, 0.15) is 0 Å². The van der Waals surface area contributed by atoms with Gasteiger partial charge in [0.2, 0.25) is 0 Å². The Morgan fingerprint density at radius 1 is 1.27 bits per heavy atom. The van der Waals surface area contributed by atoms with Gasteiger partial charge in [0.25, 0.3) is 5.91 Å². The Kier molecular flexibility index (Phi) is 3.58. The van der Waals surface area contributed by atoms with E-state index in [0.29, 0.717) is 12.1 Å². The number of benzene rings is 1. The molecule has 0 aliphatic heterocycles. The van der Waals surface area contributed by atoms with Gasteiger partial charge in [-0.3, -0.25) is 4.79 Å². The second kappa shape index (κ2) is 5.42. The Bertz CT molecular complexity index is 857. The van der Waals surface area contributed by atoms with Crippen LogP contribution < -0.4 is 5.73 Å². The number of carbonyl (C=O) groups excluding carboxylic acids is 1. The number of nitrogens with two attached hydrogens (primary N) is 1. The van der Waals surface area contributed by atoms with Gasteiger partial charge in [0.15, 0.2) is 0 Å². The molecule has 3 rings (SSSR count). The second-order valence-electron chi connectivity index (χ2n) is 5.61. The van der Waals surface area contributed by atoms with Crippen molar-refractivity contribution in [3.05, 3.63) is 53.0 Å². The topological polar surface area (TPSA) is 65.8 Å². The fourth-order valence-electron chi connectivity index (χ4n) is 2.92. The summed E-state index contributed by atoms with van der Waals surface area (Å²) < 4.78 is 3.52. The summed E-state index contributed by atoms with van der Waals surface area (Å²) in [5.41, 5.74) is 10.2. The lowest BCUT2D eigenvalue weighted by atomic mass is 10.1. The van der Waals surface area contributed by atoms with Gasteiger partial charge in [-0.25, -0.2) is 4.68 Å². The smallest absolute Gasteiger partial charge is 0.278 e. The molecular formula is C17H20N4O. The van der Waals surface area contributed by atoms with E-state index in [2.05, 4.69) is 5.10 Å². The van der Waals surface area contributed by atoms with Crippen molar-refractivity contribution in [3.63, 3.8) is 0 Å². The van der Waals surface area contributed by atoms with Gasteiger partial charge >= 0.3 is 0 Å². The van der Waals surface area contributed by atoms with E-state index in [1.54, 1.807) is 0 Å². The molecule has 5 nitrogen and oxygen atoms in total. The van der Waals surface area contributed by atoms with E-state index in [-0.39, 0.29) is 5.91 Å². The molecule has 0 atom stereocenters. The zero-order valence-corrected chi connectivity index (χ0v) is 13.1. The standard InChI is InChI=1S/C17H20N4O/c1-11-15(6-8-18)12(2)21(19-11)17(22)14-4-5-16-13(10-14)7-9-20(16)3/h4-5,7,9-10H,6,8,18H2,1-3H3. The van der Waals surface area contributed by atoms with Crippen molar-refractivity contribution in [2.75, 3.05) is 6.54 Å². The van der Waals surface area contributed by atoms with Gasteiger partial charge in [0, 0.05) is 35.4 Å². The predicted molar refractivity (Wildman–Crippen MR) is 87.1 cm³/mol. The Hall–Kier alpha value is -2.40. The second-order valence-corrected chi connectivity index (χ2v) is 5.61. The normalized spacial score (nSPS) is 11.3. The number of hydrogen-bond acceptors (Lipinski definition) is 3. The molecule has 0 saturated heterocycles. The van der Waals surface area contributed by atoms with Crippen LogP contribution in [0.5, 0.6) is 0 Å². The Morgan fingerprint density at radius 2 is 2.05 bits per heavy atom. The highest BCUT2D eigenvalue weighted by molar-refractivity contribution is 5.99. The van der Waals surface area contributed by atoms with Crippen molar-refractivity contribution < 1.29 is 4.79 Å². The molecule has 2 heterocycles.